The maximum absolute atomic E-state index is 14.1. The van der Waals surface area contributed by atoms with Crippen LogP contribution in [0.25, 0.3) is 32.4 Å². The van der Waals surface area contributed by atoms with Crippen molar-refractivity contribution in [3.05, 3.63) is 171 Å². The fourth-order valence-electron chi connectivity index (χ4n) is 12.8. The Hall–Kier alpha value is -7.91. The Morgan fingerprint density at radius 2 is 1.34 bits per heavy atom. The molecule has 488 valence electrons. The molecule has 21 nitrogen and oxygen atoms in total. The van der Waals surface area contributed by atoms with Gasteiger partial charge in [-0.3, -0.25) is 28.0 Å². The number of fused-ring (bicyclic) bond motifs is 7. The minimum Gasteiger partial charge on any atom is -0.506 e. The number of anilines is 2. The third-order valence-electron chi connectivity index (χ3n) is 17.2. The number of pyridine rings is 1. The monoisotopic (exact) mass is 1320 g/mol. The summed E-state index contributed by atoms with van der Waals surface area (Å²) < 4.78 is 125. The Morgan fingerprint density at radius 3 is 2.00 bits per heavy atom. The van der Waals surface area contributed by atoms with Crippen molar-refractivity contribution in [1.82, 2.24) is 9.88 Å². The Bertz CT molecular complexity index is 4590. The van der Waals surface area contributed by atoms with Crippen LogP contribution in [-0.2, 0) is 73.7 Å². The zero-order valence-corrected chi connectivity index (χ0v) is 55.2. The molecular formula is C68H78N5O16S3+. The number of aryl methyl sites for hydroxylation is 3. The van der Waals surface area contributed by atoms with Crippen molar-refractivity contribution >= 4 is 97.4 Å². The van der Waals surface area contributed by atoms with Gasteiger partial charge in [0.25, 0.3) is 41.8 Å². The number of aromatic hydroxyl groups is 1. The van der Waals surface area contributed by atoms with Gasteiger partial charge in [0.15, 0.2) is 5.71 Å². The van der Waals surface area contributed by atoms with E-state index in [1.807, 2.05) is 93.1 Å². The van der Waals surface area contributed by atoms with Crippen LogP contribution in [0, 0.1) is 6.92 Å². The molecule has 1 aromatic heterocycles. The number of rotatable bonds is 27. The number of hydrogen-bond donors (Lipinski definition) is 5. The van der Waals surface area contributed by atoms with Gasteiger partial charge in [-0.25, -0.2) is 0 Å². The van der Waals surface area contributed by atoms with E-state index in [4.69, 9.17) is 14.2 Å². The summed E-state index contributed by atoms with van der Waals surface area (Å²) in [6, 6.07) is 26.4. The average Bonchev–Trinajstić information content (AvgIpc) is 1.51. The van der Waals surface area contributed by atoms with Gasteiger partial charge in [0.1, 0.15) is 23.3 Å². The molecule has 0 fully saturated rings. The van der Waals surface area contributed by atoms with Gasteiger partial charge in [0.2, 0.25) is 11.6 Å². The molecule has 7 aromatic rings. The smallest absolute Gasteiger partial charge is 0.295 e. The van der Waals surface area contributed by atoms with E-state index in [-0.39, 0.29) is 79.1 Å². The number of amides is 2. The van der Waals surface area contributed by atoms with Gasteiger partial charge in [0.05, 0.1) is 60.4 Å². The fraction of sp³-hybridized carbons (Fsp3) is 0.353. The van der Waals surface area contributed by atoms with E-state index in [0.29, 0.717) is 77.6 Å². The van der Waals surface area contributed by atoms with Crippen LogP contribution in [0.5, 0.6) is 5.75 Å². The Labute approximate surface area is 536 Å². The maximum Gasteiger partial charge on any atom is 0.295 e. The number of carbonyl (C=O) groups is 2. The molecule has 0 saturated carbocycles. The van der Waals surface area contributed by atoms with Gasteiger partial charge >= 0.3 is 0 Å². The Morgan fingerprint density at radius 1 is 0.696 bits per heavy atom. The fourth-order valence-corrected chi connectivity index (χ4v) is 14.7. The molecule has 2 amide bonds. The average molecular weight is 1320 g/mol. The van der Waals surface area contributed by atoms with E-state index >= 15 is 0 Å². The van der Waals surface area contributed by atoms with Crippen molar-refractivity contribution in [3.63, 3.8) is 0 Å². The summed E-state index contributed by atoms with van der Waals surface area (Å²) in [6.07, 6.45) is 12.4. The number of nitrogens with zero attached hydrogens (tertiary/aromatic N) is 4. The predicted molar refractivity (Wildman–Crippen MR) is 355 cm³/mol. The third kappa shape index (κ3) is 14.2. The second kappa shape index (κ2) is 27.7. The van der Waals surface area contributed by atoms with Crippen LogP contribution in [0.3, 0.4) is 0 Å². The second-order valence-corrected chi connectivity index (χ2v) is 28.1. The van der Waals surface area contributed by atoms with Crippen molar-refractivity contribution < 1.29 is 72.4 Å². The molecule has 6 aromatic carbocycles. The molecular weight excluding hydrogens is 1240 g/mol. The molecule has 5 N–H and O–H groups in total. The molecule has 0 saturated heterocycles. The van der Waals surface area contributed by atoms with Crippen LogP contribution >= 0.6 is 0 Å². The zero-order valence-electron chi connectivity index (χ0n) is 52.7. The van der Waals surface area contributed by atoms with Gasteiger partial charge in [0, 0.05) is 84.1 Å². The van der Waals surface area contributed by atoms with Crippen LogP contribution in [0.15, 0.2) is 153 Å². The van der Waals surface area contributed by atoms with Crippen molar-refractivity contribution in [2.24, 2.45) is 7.05 Å². The number of ether oxygens (including phenoxy) is 3. The first-order valence-electron chi connectivity index (χ1n) is 30.3. The highest BCUT2D eigenvalue weighted by molar-refractivity contribution is 7.87. The summed E-state index contributed by atoms with van der Waals surface area (Å²) in [5, 5.41) is 16.6. The number of aromatic nitrogens is 1. The van der Waals surface area contributed by atoms with Crippen molar-refractivity contribution in [1.29, 1.82) is 0 Å². The topological polar surface area (TPSA) is 289 Å². The lowest BCUT2D eigenvalue weighted by atomic mass is 9.79. The van der Waals surface area contributed by atoms with Gasteiger partial charge in [-0.15, -0.1) is 0 Å². The minimum absolute atomic E-state index is 0.0894. The second-order valence-electron chi connectivity index (χ2n) is 23.9. The number of nitrogens with one attached hydrogen (secondary N) is 1. The van der Waals surface area contributed by atoms with Crippen LogP contribution < -0.4 is 20.7 Å². The van der Waals surface area contributed by atoms with Crippen molar-refractivity contribution in [3.8, 4) is 5.75 Å². The zero-order chi connectivity index (χ0) is 66.7. The van der Waals surface area contributed by atoms with Crippen LogP contribution in [0.1, 0.15) is 92.9 Å². The molecule has 0 unspecified atom stereocenters. The third-order valence-corrected chi connectivity index (χ3v) is 19.8. The number of para-hydroxylation sites is 1. The van der Waals surface area contributed by atoms with E-state index in [9.17, 15) is 58.4 Å². The number of unbranched alkanes of at least 4 members (excludes halogenated alkanes) is 2. The van der Waals surface area contributed by atoms with E-state index in [2.05, 4.69) is 24.1 Å². The van der Waals surface area contributed by atoms with Crippen LogP contribution in [0.2, 0.25) is 0 Å². The SMILES string of the molecule is CCc1cccc2c1c(O)c(C(=O)N(CCOCCOCCOCCNC(=O)CCCCCN1/C(=C/C=C/C=C/C3=[N+](C)c4ccc5c(S(=O)(=O)O)cc(S(=O)(=O)O)cc5c4C3(C)C)C(C)(C)c3c1ccc1c(C)cc(S(=O)(=O)O)cc31)c1ccccc1)c(=O)n2C. The molecule has 0 aliphatic carbocycles. The first-order chi connectivity index (χ1) is 43.5. The molecule has 0 radical (unpaired) electrons. The van der Waals surface area contributed by atoms with E-state index < -0.39 is 62.4 Å². The van der Waals surface area contributed by atoms with Crippen molar-refractivity contribution in [2.45, 2.75) is 99.2 Å². The minimum atomic E-state index is -4.90. The van der Waals surface area contributed by atoms with Gasteiger partial charge in [-0.2, -0.15) is 29.8 Å². The summed E-state index contributed by atoms with van der Waals surface area (Å²) >= 11 is 0. The molecule has 2 aliphatic rings. The van der Waals surface area contributed by atoms with Gasteiger partial charge in [-0.1, -0.05) is 81.8 Å². The van der Waals surface area contributed by atoms with Crippen LogP contribution in [0.4, 0.5) is 17.1 Å². The largest absolute Gasteiger partial charge is 0.506 e. The lowest BCUT2D eigenvalue weighted by Crippen LogP contribution is -2.38. The number of carbonyl (C=O) groups excluding carboxylic acids is 2. The molecule has 92 heavy (non-hydrogen) atoms. The van der Waals surface area contributed by atoms with E-state index in [1.54, 1.807) is 50.4 Å². The Balaban J connectivity index is 0.761. The number of benzene rings is 6. The molecule has 0 atom stereocenters. The lowest BCUT2D eigenvalue weighted by molar-refractivity contribution is -0.401. The normalized spacial score (nSPS) is 15.2. The summed E-state index contributed by atoms with van der Waals surface area (Å²) in [7, 11) is -10.9. The Kier molecular flexibility index (Phi) is 20.6. The first-order valence-corrected chi connectivity index (χ1v) is 34.6. The molecule has 3 heterocycles. The maximum atomic E-state index is 14.1. The van der Waals surface area contributed by atoms with E-state index in [0.717, 1.165) is 46.1 Å². The highest BCUT2D eigenvalue weighted by Gasteiger charge is 2.45. The summed E-state index contributed by atoms with van der Waals surface area (Å²) in [5.74, 6) is -1.09. The molecule has 0 spiro atoms. The lowest BCUT2D eigenvalue weighted by Gasteiger charge is -2.27. The van der Waals surface area contributed by atoms with Gasteiger partial charge < -0.3 is 39.0 Å². The van der Waals surface area contributed by atoms with Crippen molar-refractivity contribution in [2.75, 3.05) is 76.1 Å². The molecule has 0 bridgehead atoms. The van der Waals surface area contributed by atoms with Gasteiger partial charge in [-0.05, 0) is 134 Å². The highest BCUT2D eigenvalue weighted by Crippen LogP contribution is 2.52. The summed E-state index contributed by atoms with van der Waals surface area (Å²) in [6.45, 7) is 14.1. The first kappa shape index (κ1) is 68.5. The quantitative estimate of drug-likeness (QED) is 0.0138. The molecule has 9 rings (SSSR count). The summed E-state index contributed by atoms with van der Waals surface area (Å²) in [5.41, 5.74) is 4.88. The van der Waals surface area contributed by atoms with E-state index in [1.165, 1.54) is 33.7 Å². The summed E-state index contributed by atoms with van der Waals surface area (Å²) in [4.78, 5) is 42.7. The molecule has 24 heteroatoms. The highest BCUT2D eigenvalue weighted by atomic mass is 32.2. The standard InChI is InChI=1S/C68H77N5O16S3/c1-9-45-20-19-23-53-60(45)64(75)61(65(76)71(53)8)66(77)72(46-21-13-10-14-22-46)33-35-88-37-39-89-38-36-87-34-31-69-59(74)26-17-12-18-32-73-55-30-27-49-44(2)40-47(90(78,79)80)41-51(49)63(55)68(5,6)58(73)25-16-11-15-24-57-67(3,4)62-52-42-48(91(81,82)83)43-56(92(84,85)86)50(52)28-29-54(62)70(57)7/h10-11,13-16,19-25,27-30,40-43H,9,12,17-18,26,31-39H2,1-8H3,(H4-,69,74,75,76,77,78,79,80,81,82,83,84,85,86)/p+1. The van der Waals surface area contributed by atoms with Crippen LogP contribution in [-0.4, -0.2) is 137 Å². The molecule has 2 aliphatic heterocycles. The number of allylic oxidation sites excluding steroid dienone is 6. The predicted octanol–water partition coefficient (Wildman–Crippen LogP) is 10.0. The number of hydrogen-bond acceptors (Lipinski definition) is 14.